The van der Waals surface area contributed by atoms with E-state index in [-0.39, 0.29) is 11.9 Å². The van der Waals surface area contributed by atoms with Crippen LogP contribution >= 0.6 is 11.3 Å². The third-order valence-electron chi connectivity index (χ3n) is 3.19. The van der Waals surface area contributed by atoms with Crippen LogP contribution in [-0.4, -0.2) is 36.5 Å². The highest BCUT2D eigenvalue weighted by Crippen LogP contribution is 2.14. The molecule has 1 aromatic heterocycles. The summed E-state index contributed by atoms with van der Waals surface area (Å²) in [6.07, 6.45) is 3.10. The number of thiophene rings is 1. The minimum atomic E-state index is 0.0529. The smallest absolute Gasteiger partial charge is 0.239 e. The number of likely N-dealkylation sites (tertiary alicyclic amines) is 1. The van der Waals surface area contributed by atoms with Crippen molar-refractivity contribution in [2.24, 2.45) is 0 Å². The van der Waals surface area contributed by atoms with Gasteiger partial charge in [0.05, 0.1) is 6.04 Å². The van der Waals surface area contributed by atoms with Crippen LogP contribution in [0.2, 0.25) is 0 Å². The third kappa shape index (κ3) is 3.30. The van der Waals surface area contributed by atoms with Crippen LogP contribution in [0.3, 0.4) is 0 Å². The van der Waals surface area contributed by atoms with Gasteiger partial charge in [-0.25, -0.2) is 0 Å². The van der Waals surface area contributed by atoms with Gasteiger partial charge in [0, 0.05) is 18.0 Å². The van der Waals surface area contributed by atoms with Gasteiger partial charge in [-0.2, -0.15) is 0 Å². The molecule has 0 saturated carbocycles. The van der Waals surface area contributed by atoms with Crippen LogP contribution in [0.25, 0.3) is 0 Å². The topological polar surface area (TPSA) is 32.3 Å². The molecule has 2 rings (SSSR count). The maximum Gasteiger partial charge on any atom is 0.239 e. The summed E-state index contributed by atoms with van der Waals surface area (Å²) in [4.78, 5) is 15.5. The molecule has 1 fully saturated rings. The van der Waals surface area contributed by atoms with Gasteiger partial charge in [-0.3, -0.25) is 4.79 Å². The van der Waals surface area contributed by atoms with E-state index in [9.17, 15) is 4.79 Å². The Bertz CT molecular complexity index is 348. The van der Waals surface area contributed by atoms with Gasteiger partial charge in [0.25, 0.3) is 0 Å². The van der Waals surface area contributed by atoms with E-state index in [0.717, 1.165) is 38.9 Å². The van der Waals surface area contributed by atoms with E-state index in [0.29, 0.717) is 0 Å². The Hall–Kier alpha value is -0.870. The van der Waals surface area contributed by atoms with Crippen molar-refractivity contribution in [1.82, 2.24) is 10.2 Å². The van der Waals surface area contributed by atoms with Crippen molar-refractivity contribution in [1.29, 1.82) is 0 Å². The quantitative estimate of drug-likeness (QED) is 0.868. The monoisotopic (exact) mass is 252 g/mol. The normalized spacial score (nSPS) is 20.9. The Labute approximate surface area is 107 Å². The van der Waals surface area contributed by atoms with Gasteiger partial charge >= 0.3 is 0 Å². The van der Waals surface area contributed by atoms with Crippen LogP contribution in [0.15, 0.2) is 17.5 Å². The Morgan fingerprint density at radius 1 is 1.59 bits per heavy atom. The molecule has 1 aliphatic heterocycles. The summed E-state index contributed by atoms with van der Waals surface area (Å²) >= 11 is 1.77. The van der Waals surface area contributed by atoms with Crippen LogP contribution < -0.4 is 5.32 Å². The Morgan fingerprint density at radius 3 is 3.18 bits per heavy atom. The molecule has 1 aliphatic rings. The van der Waals surface area contributed by atoms with Crippen LogP contribution in [0.5, 0.6) is 0 Å². The van der Waals surface area contributed by atoms with E-state index in [2.05, 4.69) is 29.8 Å². The summed E-state index contributed by atoms with van der Waals surface area (Å²) < 4.78 is 0. The maximum atomic E-state index is 12.1. The minimum Gasteiger partial charge on any atom is -0.341 e. The van der Waals surface area contributed by atoms with Crippen molar-refractivity contribution in [3.05, 3.63) is 22.4 Å². The van der Waals surface area contributed by atoms with Crippen LogP contribution in [-0.2, 0) is 11.2 Å². The fraction of sp³-hybridized carbons (Fsp3) is 0.615. The Kier molecular flexibility index (Phi) is 4.57. The number of piperidine rings is 1. The molecule has 0 spiro atoms. The lowest BCUT2D eigenvalue weighted by atomic mass is 10.0. The zero-order valence-corrected chi connectivity index (χ0v) is 11.1. The highest BCUT2D eigenvalue weighted by atomic mass is 32.1. The molecule has 1 N–H and O–H groups in total. The lowest BCUT2D eigenvalue weighted by Crippen LogP contribution is -2.51. The van der Waals surface area contributed by atoms with E-state index in [1.165, 1.54) is 4.88 Å². The predicted octanol–water partition coefficient (Wildman–Crippen LogP) is 1.89. The number of amides is 1. The second-order valence-electron chi connectivity index (χ2n) is 4.41. The third-order valence-corrected chi connectivity index (χ3v) is 4.13. The van der Waals surface area contributed by atoms with Crippen LogP contribution in [0.1, 0.15) is 24.6 Å². The van der Waals surface area contributed by atoms with Crippen molar-refractivity contribution in [3.8, 4) is 0 Å². The molecule has 1 amide bonds. The van der Waals surface area contributed by atoms with Gasteiger partial charge < -0.3 is 10.2 Å². The Morgan fingerprint density at radius 2 is 2.47 bits per heavy atom. The Balaban J connectivity index is 1.85. The van der Waals surface area contributed by atoms with Gasteiger partial charge in [-0.1, -0.05) is 13.0 Å². The number of hydrogen-bond donors (Lipinski definition) is 1. The second kappa shape index (κ2) is 6.17. The molecule has 17 heavy (non-hydrogen) atoms. The van der Waals surface area contributed by atoms with Gasteiger partial charge in [0.1, 0.15) is 0 Å². The zero-order valence-electron chi connectivity index (χ0n) is 10.3. The standard InChI is InChI=1S/C13H20N2OS/c1-2-14-12-6-3-8-15(13(12)16)9-7-11-5-4-10-17-11/h4-5,10,12,14H,2-3,6-9H2,1H3. The van der Waals surface area contributed by atoms with Gasteiger partial charge in [0.2, 0.25) is 5.91 Å². The minimum absolute atomic E-state index is 0.0529. The van der Waals surface area contributed by atoms with Crippen molar-refractivity contribution < 1.29 is 4.79 Å². The molecule has 0 bridgehead atoms. The fourth-order valence-electron chi connectivity index (χ4n) is 2.30. The summed E-state index contributed by atoms with van der Waals surface area (Å²) in [5.74, 6) is 0.287. The number of nitrogens with one attached hydrogen (secondary N) is 1. The van der Waals surface area contributed by atoms with E-state index in [4.69, 9.17) is 0 Å². The molecular formula is C13H20N2OS. The van der Waals surface area contributed by atoms with E-state index in [1.54, 1.807) is 11.3 Å². The molecule has 3 nitrogen and oxygen atoms in total. The first kappa shape index (κ1) is 12.6. The summed E-state index contributed by atoms with van der Waals surface area (Å²) in [6.45, 7) is 4.71. The fourth-order valence-corrected chi connectivity index (χ4v) is 3.00. The van der Waals surface area contributed by atoms with Gasteiger partial charge in [0.15, 0.2) is 0 Å². The van der Waals surface area contributed by atoms with E-state index in [1.807, 2.05) is 4.90 Å². The number of nitrogens with zero attached hydrogens (tertiary/aromatic N) is 1. The molecular weight excluding hydrogens is 232 g/mol. The van der Waals surface area contributed by atoms with Crippen LogP contribution in [0, 0.1) is 0 Å². The molecule has 1 unspecified atom stereocenters. The number of carbonyl (C=O) groups excluding carboxylic acids is 1. The van der Waals surface area contributed by atoms with Crippen molar-refractivity contribution >= 4 is 17.2 Å². The average molecular weight is 252 g/mol. The predicted molar refractivity (Wildman–Crippen MR) is 71.3 cm³/mol. The second-order valence-corrected chi connectivity index (χ2v) is 5.44. The maximum absolute atomic E-state index is 12.1. The number of likely N-dealkylation sites (N-methyl/N-ethyl adjacent to an activating group) is 1. The summed E-state index contributed by atoms with van der Waals surface area (Å²) in [5, 5.41) is 5.36. The summed E-state index contributed by atoms with van der Waals surface area (Å²) in [7, 11) is 0. The zero-order chi connectivity index (χ0) is 12.1. The lowest BCUT2D eigenvalue weighted by molar-refractivity contribution is -0.135. The summed E-state index contributed by atoms with van der Waals surface area (Å²) in [6, 6.07) is 4.26. The van der Waals surface area contributed by atoms with Crippen molar-refractivity contribution in [2.45, 2.75) is 32.2 Å². The molecule has 0 aromatic carbocycles. The van der Waals surface area contributed by atoms with Gasteiger partial charge in [-0.05, 0) is 37.3 Å². The first-order valence-electron chi connectivity index (χ1n) is 6.36. The van der Waals surface area contributed by atoms with Gasteiger partial charge in [-0.15, -0.1) is 11.3 Å². The molecule has 1 saturated heterocycles. The van der Waals surface area contributed by atoms with E-state index < -0.39 is 0 Å². The first-order valence-corrected chi connectivity index (χ1v) is 7.23. The summed E-state index contributed by atoms with van der Waals surface area (Å²) in [5.41, 5.74) is 0. The molecule has 0 radical (unpaired) electrons. The van der Waals surface area contributed by atoms with Crippen molar-refractivity contribution in [3.63, 3.8) is 0 Å². The highest BCUT2D eigenvalue weighted by molar-refractivity contribution is 7.09. The molecule has 0 aliphatic carbocycles. The SMILES string of the molecule is CCNC1CCCN(CCc2cccs2)C1=O. The molecule has 1 aromatic rings. The first-order chi connectivity index (χ1) is 8.31. The lowest BCUT2D eigenvalue weighted by Gasteiger charge is -2.32. The average Bonchev–Trinajstić information content (AvgIpc) is 2.83. The number of carbonyl (C=O) groups is 1. The van der Waals surface area contributed by atoms with Crippen molar-refractivity contribution in [2.75, 3.05) is 19.6 Å². The molecule has 4 heteroatoms. The largest absolute Gasteiger partial charge is 0.341 e. The molecule has 94 valence electrons. The molecule has 2 heterocycles. The number of rotatable bonds is 5. The highest BCUT2D eigenvalue weighted by Gasteiger charge is 2.27. The van der Waals surface area contributed by atoms with E-state index >= 15 is 0 Å². The molecule has 1 atom stereocenters. The van der Waals surface area contributed by atoms with Crippen LogP contribution in [0.4, 0.5) is 0 Å². The number of hydrogen-bond acceptors (Lipinski definition) is 3.